The lowest BCUT2D eigenvalue weighted by molar-refractivity contribution is -0.146. The zero-order valence-corrected chi connectivity index (χ0v) is 9.57. The number of esters is 1. The second kappa shape index (κ2) is 6.65. The van der Waals surface area contributed by atoms with Crippen LogP contribution in [0, 0.1) is 11.6 Å². The first-order valence-electron chi connectivity index (χ1n) is 5.17. The van der Waals surface area contributed by atoms with E-state index in [1.807, 2.05) is 0 Å². The molecule has 7 heteroatoms. The average molecular weight is 258 g/mol. The van der Waals surface area contributed by atoms with Crippen molar-refractivity contribution in [2.24, 2.45) is 0 Å². The van der Waals surface area contributed by atoms with Crippen molar-refractivity contribution < 1.29 is 23.1 Å². The van der Waals surface area contributed by atoms with E-state index in [2.05, 4.69) is 15.6 Å². The molecule has 0 saturated carbocycles. The molecule has 5 nitrogen and oxygen atoms in total. The van der Waals surface area contributed by atoms with Gasteiger partial charge in [-0.05, 0) is 19.1 Å². The van der Waals surface area contributed by atoms with E-state index >= 15 is 0 Å². The number of hydrogen-bond acceptors (Lipinski definition) is 5. The number of ether oxygens (including phenoxy) is 1. The smallest absolute Gasteiger partial charge is 0.332 e. The number of aldehydes is 1. The highest BCUT2D eigenvalue weighted by Gasteiger charge is 2.18. The van der Waals surface area contributed by atoms with Gasteiger partial charge < -0.3 is 15.0 Å². The van der Waals surface area contributed by atoms with Crippen LogP contribution in [0.2, 0.25) is 0 Å². The zero-order chi connectivity index (χ0) is 13.5. The minimum Gasteiger partial charge on any atom is -0.464 e. The first-order valence-corrected chi connectivity index (χ1v) is 5.17. The fraction of sp³-hybridized carbons (Fsp3) is 0.273. The largest absolute Gasteiger partial charge is 0.464 e. The Balaban J connectivity index is 2.65. The Morgan fingerprint density at radius 3 is 2.83 bits per heavy atom. The molecule has 0 aliphatic heterocycles. The maximum atomic E-state index is 13.2. The first-order chi connectivity index (χ1) is 8.58. The molecule has 18 heavy (non-hydrogen) atoms. The molecule has 2 N–H and O–H groups in total. The van der Waals surface area contributed by atoms with Crippen molar-refractivity contribution in [3.8, 4) is 0 Å². The van der Waals surface area contributed by atoms with Crippen molar-refractivity contribution >= 4 is 17.9 Å². The number of anilines is 1. The summed E-state index contributed by atoms with van der Waals surface area (Å²) in [5.41, 5.74) is 4.27. The molecule has 0 spiro atoms. The maximum absolute atomic E-state index is 13.2. The number of carbonyl (C=O) groups excluding carboxylic acids is 2. The fourth-order valence-corrected chi connectivity index (χ4v) is 1.13. The van der Waals surface area contributed by atoms with E-state index in [1.165, 1.54) is 0 Å². The quantitative estimate of drug-likeness (QED) is 0.345. The molecule has 0 bridgehead atoms. The minimum atomic E-state index is -1.30. The molecule has 0 saturated heterocycles. The van der Waals surface area contributed by atoms with Crippen molar-refractivity contribution in [1.29, 1.82) is 0 Å². The van der Waals surface area contributed by atoms with Gasteiger partial charge in [-0.3, -0.25) is 0 Å². The Morgan fingerprint density at radius 2 is 2.22 bits per heavy atom. The van der Waals surface area contributed by atoms with E-state index in [9.17, 15) is 18.4 Å². The summed E-state index contributed by atoms with van der Waals surface area (Å²) in [6, 6.07) is 1.45. The number of hydrogen-bond donors (Lipinski definition) is 2. The van der Waals surface area contributed by atoms with Crippen LogP contribution in [0.5, 0.6) is 0 Å². The molecule has 1 aromatic carbocycles. The van der Waals surface area contributed by atoms with E-state index < -0.39 is 23.6 Å². The lowest BCUT2D eigenvalue weighted by Crippen LogP contribution is -2.42. The van der Waals surface area contributed by atoms with Gasteiger partial charge in [0, 0.05) is 6.07 Å². The summed E-state index contributed by atoms with van der Waals surface area (Å²) >= 11 is 0. The topological polar surface area (TPSA) is 67.4 Å². The summed E-state index contributed by atoms with van der Waals surface area (Å²) in [5.74, 6) is -2.19. The molecule has 0 aromatic heterocycles. The lowest BCUT2D eigenvalue weighted by Gasteiger charge is -2.13. The third kappa shape index (κ3) is 3.77. The molecule has 0 radical (unpaired) electrons. The molecule has 1 unspecified atom stereocenters. The van der Waals surface area contributed by atoms with Crippen LogP contribution in [-0.2, 0) is 14.3 Å². The Labute approximate surface area is 102 Å². The Kier molecular flexibility index (Phi) is 5.19. The van der Waals surface area contributed by atoms with Crippen LogP contribution in [0.15, 0.2) is 18.2 Å². The number of carbonyl (C=O) groups is 2. The third-order valence-electron chi connectivity index (χ3n) is 1.97. The molecular formula is C11H12F2N2O3. The lowest BCUT2D eigenvalue weighted by atomic mass is 10.3. The van der Waals surface area contributed by atoms with Gasteiger partial charge in [0.1, 0.15) is 17.9 Å². The van der Waals surface area contributed by atoms with Gasteiger partial charge in [-0.2, -0.15) is 0 Å². The van der Waals surface area contributed by atoms with Crippen LogP contribution in [0.4, 0.5) is 14.5 Å². The Hall–Kier alpha value is -2.02. The number of nitrogens with one attached hydrogen (secondary N) is 2. The summed E-state index contributed by atoms with van der Waals surface area (Å²) in [6.07, 6.45) is 0.294. The molecule has 1 rings (SSSR count). The van der Waals surface area contributed by atoms with Gasteiger partial charge in [0.25, 0.3) is 0 Å². The highest BCUT2D eigenvalue weighted by atomic mass is 19.1. The molecule has 0 aliphatic carbocycles. The number of halogens is 2. The average Bonchev–Trinajstić information content (AvgIpc) is 2.34. The standard InChI is InChI=1S/C11H12F2N2O3/c1-2-18-11(17)10(6-16)15-14-9-5-7(12)3-4-8(9)13/h3-6,10,14-15H,2H2,1H3. The molecule has 1 aromatic rings. The number of benzene rings is 1. The minimum absolute atomic E-state index is 0.110. The van der Waals surface area contributed by atoms with Crippen LogP contribution in [0.3, 0.4) is 0 Å². The third-order valence-corrected chi connectivity index (χ3v) is 1.97. The molecule has 0 amide bonds. The summed E-state index contributed by atoms with van der Waals surface area (Å²) in [6.45, 7) is 1.69. The maximum Gasteiger partial charge on any atom is 0.332 e. The Bertz CT molecular complexity index is 440. The number of rotatable bonds is 6. The van der Waals surface area contributed by atoms with E-state index in [4.69, 9.17) is 0 Å². The molecule has 0 heterocycles. The monoisotopic (exact) mass is 258 g/mol. The van der Waals surface area contributed by atoms with Crippen molar-refractivity contribution in [3.05, 3.63) is 29.8 Å². The van der Waals surface area contributed by atoms with Crippen LogP contribution in [-0.4, -0.2) is 24.9 Å². The summed E-state index contributed by atoms with van der Waals surface area (Å²) < 4.78 is 30.6. The van der Waals surface area contributed by atoms with Crippen molar-refractivity contribution in [2.75, 3.05) is 12.0 Å². The molecule has 1 atom stereocenters. The van der Waals surface area contributed by atoms with E-state index in [0.717, 1.165) is 18.2 Å². The highest BCUT2D eigenvalue weighted by molar-refractivity contribution is 5.92. The predicted molar refractivity (Wildman–Crippen MR) is 59.6 cm³/mol. The second-order valence-electron chi connectivity index (χ2n) is 3.26. The van der Waals surface area contributed by atoms with Crippen molar-refractivity contribution in [2.45, 2.75) is 13.0 Å². The van der Waals surface area contributed by atoms with Crippen molar-refractivity contribution in [3.63, 3.8) is 0 Å². The predicted octanol–water partition coefficient (Wildman–Crippen LogP) is 1.01. The summed E-state index contributed by atoms with van der Waals surface area (Å²) in [4.78, 5) is 21.8. The normalized spacial score (nSPS) is 11.7. The van der Waals surface area contributed by atoms with Gasteiger partial charge in [-0.15, -0.1) is 0 Å². The van der Waals surface area contributed by atoms with Crippen LogP contribution in [0.25, 0.3) is 0 Å². The summed E-state index contributed by atoms with van der Waals surface area (Å²) in [5, 5.41) is 0. The van der Waals surface area contributed by atoms with Gasteiger partial charge in [0.05, 0.1) is 12.3 Å². The Morgan fingerprint density at radius 1 is 1.50 bits per heavy atom. The highest BCUT2D eigenvalue weighted by Crippen LogP contribution is 2.14. The van der Waals surface area contributed by atoms with Gasteiger partial charge in [-0.25, -0.2) is 19.0 Å². The van der Waals surface area contributed by atoms with Gasteiger partial charge in [-0.1, -0.05) is 0 Å². The van der Waals surface area contributed by atoms with Crippen LogP contribution >= 0.6 is 0 Å². The SMILES string of the molecule is CCOC(=O)C(C=O)NNc1cc(F)ccc1F. The molecule has 0 fully saturated rings. The summed E-state index contributed by atoms with van der Waals surface area (Å²) in [7, 11) is 0. The zero-order valence-electron chi connectivity index (χ0n) is 9.57. The van der Waals surface area contributed by atoms with Crippen LogP contribution < -0.4 is 10.9 Å². The molecule has 98 valence electrons. The van der Waals surface area contributed by atoms with Crippen LogP contribution in [0.1, 0.15) is 6.92 Å². The first kappa shape index (κ1) is 14.0. The fourth-order valence-electron chi connectivity index (χ4n) is 1.13. The van der Waals surface area contributed by atoms with E-state index in [1.54, 1.807) is 6.92 Å². The molecule has 0 aliphatic rings. The van der Waals surface area contributed by atoms with Crippen molar-refractivity contribution in [1.82, 2.24) is 5.43 Å². The second-order valence-corrected chi connectivity index (χ2v) is 3.26. The van der Waals surface area contributed by atoms with E-state index in [0.29, 0.717) is 6.29 Å². The van der Waals surface area contributed by atoms with Gasteiger partial charge >= 0.3 is 5.97 Å². The van der Waals surface area contributed by atoms with Gasteiger partial charge in [0.2, 0.25) is 0 Å². The van der Waals surface area contributed by atoms with E-state index in [-0.39, 0.29) is 12.3 Å². The number of hydrazine groups is 1. The van der Waals surface area contributed by atoms with Gasteiger partial charge in [0.15, 0.2) is 6.04 Å². The molecular weight excluding hydrogens is 246 g/mol.